The minimum Gasteiger partial charge on any atom is -0.507 e. The standard InChI is InChI=1S/C11H13NO5/c1-6-5-8(13)10(11(16)17-6)7(2)12-4-3-9(14)15/h5,13H,3-4H2,1-2H3,(H,14,15). The topological polar surface area (TPSA) is 100 Å². The van der Waals surface area contributed by atoms with Crippen molar-refractivity contribution in [3.8, 4) is 5.75 Å². The van der Waals surface area contributed by atoms with Crippen LogP contribution in [0.3, 0.4) is 0 Å². The van der Waals surface area contributed by atoms with Gasteiger partial charge in [0.05, 0.1) is 12.1 Å². The third kappa shape index (κ3) is 3.44. The molecule has 17 heavy (non-hydrogen) atoms. The highest BCUT2D eigenvalue weighted by molar-refractivity contribution is 6.00. The molecule has 0 aromatic carbocycles. The van der Waals surface area contributed by atoms with E-state index in [4.69, 9.17) is 9.52 Å². The zero-order valence-electron chi connectivity index (χ0n) is 9.56. The molecule has 0 atom stereocenters. The van der Waals surface area contributed by atoms with Gasteiger partial charge in [0, 0.05) is 12.6 Å². The number of carboxylic acid groups (broad SMARTS) is 1. The summed E-state index contributed by atoms with van der Waals surface area (Å²) in [5.41, 5.74) is -0.447. The average Bonchev–Trinajstić information content (AvgIpc) is 2.14. The molecular formula is C11H13NO5. The summed E-state index contributed by atoms with van der Waals surface area (Å²) in [6.45, 7) is 3.11. The normalized spacial score (nSPS) is 11.5. The smallest absolute Gasteiger partial charge is 0.348 e. The first-order chi connectivity index (χ1) is 7.91. The van der Waals surface area contributed by atoms with Crippen molar-refractivity contribution in [2.24, 2.45) is 4.99 Å². The fraction of sp³-hybridized carbons (Fsp3) is 0.364. The number of nitrogens with zero attached hydrogens (tertiary/aromatic N) is 1. The Balaban J connectivity index is 3.00. The van der Waals surface area contributed by atoms with E-state index in [-0.39, 0.29) is 30.0 Å². The predicted molar refractivity (Wildman–Crippen MR) is 60.7 cm³/mol. The molecule has 6 heteroatoms. The highest BCUT2D eigenvalue weighted by atomic mass is 16.4. The van der Waals surface area contributed by atoms with E-state index in [9.17, 15) is 14.7 Å². The van der Waals surface area contributed by atoms with Crippen molar-refractivity contribution in [3.05, 3.63) is 27.8 Å². The molecule has 0 aliphatic carbocycles. The van der Waals surface area contributed by atoms with Crippen molar-refractivity contribution in [2.45, 2.75) is 20.3 Å². The van der Waals surface area contributed by atoms with Crippen LogP contribution in [0, 0.1) is 6.92 Å². The molecule has 0 bridgehead atoms. The van der Waals surface area contributed by atoms with E-state index in [0.717, 1.165) is 0 Å². The van der Waals surface area contributed by atoms with Gasteiger partial charge in [0.2, 0.25) is 0 Å². The second-order valence-electron chi connectivity index (χ2n) is 3.52. The highest BCUT2D eigenvalue weighted by Crippen LogP contribution is 2.15. The first-order valence-electron chi connectivity index (χ1n) is 4.98. The molecule has 0 radical (unpaired) electrons. The molecule has 0 fully saturated rings. The van der Waals surface area contributed by atoms with Crippen LogP contribution < -0.4 is 5.63 Å². The molecule has 0 saturated heterocycles. The molecule has 0 spiro atoms. The Morgan fingerprint density at radius 1 is 1.53 bits per heavy atom. The van der Waals surface area contributed by atoms with Crippen LogP contribution in [0.1, 0.15) is 24.7 Å². The van der Waals surface area contributed by atoms with E-state index in [2.05, 4.69) is 4.99 Å². The van der Waals surface area contributed by atoms with Gasteiger partial charge in [-0.25, -0.2) is 4.79 Å². The van der Waals surface area contributed by atoms with Crippen molar-refractivity contribution >= 4 is 11.7 Å². The molecule has 1 aromatic rings. The number of aliphatic carboxylic acids is 1. The van der Waals surface area contributed by atoms with Gasteiger partial charge < -0.3 is 14.6 Å². The van der Waals surface area contributed by atoms with Crippen molar-refractivity contribution < 1.29 is 19.4 Å². The van der Waals surface area contributed by atoms with Gasteiger partial charge in [-0.1, -0.05) is 0 Å². The maximum absolute atomic E-state index is 11.5. The molecule has 0 unspecified atom stereocenters. The third-order valence-electron chi connectivity index (χ3n) is 2.09. The second-order valence-corrected chi connectivity index (χ2v) is 3.52. The zero-order valence-corrected chi connectivity index (χ0v) is 9.56. The summed E-state index contributed by atoms with van der Waals surface area (Å²) in [6.07, 6.45) is -0.130. The number of hydrogen-bond acceptors (Lipinski definition) is 5. The molecule has 0 saturated carbocycles. The van der Waals surface area contributed by atoms with Gasteiger partial charge in [-0.05, 0) is 13.8 Å². The highest BCUT2D eigenvalue weighted by Gasteiger charge is 2.12. The van der Waals surface area contributed by atoms with Crippen LogP contribution in [0.2, 0.25) is 0 Å². The molecule has 0 aliphatic rings. The summed E-state index contributed by atoms with van der Waals surface area (Å²) < 4.78 is 4.82. The van der Waals surface area contributed by atoms with Crippen LogP contribution in [0.4, 0.5) is 0 Å². The lowest BCUT2D eigenvalue weighted by atomic mass is 10.1. The van der Waals surface area contributed by atoms with Crippen LogP contribution in [0.25, 0.3) is 0 Å². The third-order valence-corrected chi connectivity index (χ3v) is 2.09. The monoisotopic (exact) mass is 239 g/mol. The molecule has 1 heterocycles. The fourth-order valence-electron chi connectivity index (χ4n) is 1.33. The predicted octanol–water partition coefficient (Wildman–Crippen LogP) is 0.938. The van der Waals surface area contributed by atoms with Crippen LogP contribution >= 0.6 is 0 Å². The molecule has 6 nitrogen and oxygen atoms in total. The van der Waals surface area contributed by atoms with Crippen LogP contribution in [0.5, 0.6) is 5.75 Å². The summed E-state index contributed by atoms with van der Waals surface area (Å²) in [6, 6.07) is 1.31. The largest absolute Gasteiger partial charge is 0.507 e. The number of aryl methyl sites for hydroxylation is 1. The van der Waals surface area contributed by atoms with E-state index >= 15 is 0 Å². The summed E-state index contributed by atoms with van der Waals surface area (Å²) in [7, 11) is 0. The quantitative estimate of drug-likeness (QED) is 0.761. The number of aromatic hydroxyl groups is 1. The van der Waals surface area contributed by atoms with Crippen molar-refractivity contribution in [3.63, 3.8) is 0 Å². The lowest BCUT2D eigenvalue weighted by Crippen LogP contribution is -2.13. The van der Waals surface area contributed by atoms with Gasteiger partial charge in [0.1, 0.15) is 17.1 Å². The lowest BCUT2D eigenvalue weighted by Gasteiger charge is -2.03. The van der Waals surface area contributed by atoms with Crippen LogP contribution in [-0.4, -0.2) is 28.4 Å². The fourth-order valence-corrected chi connectivity index (χ4v) is 1.33. The summed E-state index contributed by atoms with van der Waals surface area (Å²) >= 11 is 0. The molecular weight excluding hydrogens is 226 g/mol. The van der Waals surface area contributed by atoms with Crippen molar-refractivity contribution in [1.29, 1.82) is 0 Å². The van der Waals surface area contributed by atoms with Crippen LogP contribution in [-0.2, 0) is 4.79 Å². The summed E-state index contributed by atoms with van der Waals surface area (Å²) in [5.74, 6) is -0.883. The van der Waals surface area contributed by atoms with E-state index in [0.29, 0.717) is 5.76 Å². The van der Waals surface area contributed by atoms with Gasteiger partial charge in [-0.2, -0.15) is 0 Å². The number of carbonyl (C=O) groups is 1. The lowest BCUT2D eigenvalue weighted by molar-refractivity contribution is -0.136. The van der Waals surface area contributed by atoms with Gasteiger partial charge in [-0.3, -0.25) is 9.79 Å². The summed E-state index contributed by atoms with van der Waals surface area (Å²) in [5, 5.41) is 18.0. The zero-order chi connectivity index (χ0) is 13.0. The van der Waals surface area contributed by atoms with E-state index in [1.165, 1.54) is 13.0 Å². The SMILES string of the molecule is CC(=NCCC(=O)O)c1c(O)cc(C)oc1=O. The van der Waals surface area contributed by atoms with Gasteiger partial charge in [0.15, 0.2) is 0 Å². The first-order valence-corrected chi connectivity index (χ1v) is 4.98. The number of aliphatic imine (C=N–C) groups is 1. The molecule has 0 amide bonds. The Bertz CT molecular complexity index is 515. The molecule has 0 aliphatic heterocycles. The number of hydrogen-bond donors (Lipinski definition) is 2. The van der Waals surface area contributed by atoms with Crippen molar-refractivity contribution in [1.82, 2.24) is 0 Å². The Morgan fingerprint density at radius 3 is 2.71 bits per heavy atom. The Hall–Kier alpha value is -2.11. The van der Waals surface area contributed by atoms with Crippen LogP contribution in [0.15, 0.2) is 20.3 Å². The average molecular weight is 239 g/mol. The van der Waals surface area contributed by atoms with E-state index in [1.807, 2.05) is 0 Å². The Labute approximate surface area is 97.2 Å². The number of rotatable bonds is 4. The minimum atomic E-state index is -0.971. The Morgan fingerprint density at radius 2 is 2.18 bits per heavy atom. The van der Waals surface area contributed by atoms with Crippen molar-refractivity contribution in [2.75, 3.05) is 6.54 Å². The number of carboxylic acids is 1. The van der Waals surface area contributed by atoms with Gasteiger partial charge in [-0.15, -0.1) is 0 Å². The molecule has 2 N–H and O–H groups in total. The minimum absolute atomic E-state index is 0.0269. The maximum atomic E-state index is 11.5. The van der Waals surface area contributed by atoms with Gasteiger partial charge >= 0.3 is 11.6 Å². The maximum Gasteiger partial charge on any atom is 0.348 e. The van der Waals surface area contributed by atoms with E-state index < -0.39 is 11.6 Å². The van der Waals surface area contributed by atoms with Gasteiger partial charge in [0.25, 0.3) is 0 Å². The molecule has 1 aromatic heterocycles. The molecule has 1 rings (SSSR count). The second kappa shape index (κ2) is 5.29. The Kier molecular flexibility index (Phi) is 4.03. The molecule has 92 valence electrons. The first kappa shape index (κ1) is 13.0. The van der Waals surface area contributed by atoms with E-state index in [1.54, 1.807) is 6.92 Å². The summed E-state index contributed by atoms with van der Waals surface area (Å²) in [4.78, 5) is 25.7.